The summed E-state index contributed by atoms with van der Waals surface area (Å²) in [6, 6.07) is 13.6. The molecule has 1 atom stereocenters. The summed E-state index contributed by atoms with van der Waals surface area (Å²) in [5, 5.41) is 0.749. The van der Waals surface area contributed by atoms with Crippen molar-refractivity contribution >= 4 is 29.1 Å². The van der Waals surface area contributed by atoms with Gasteiger partial charge in [-0.2, -0.15) is 0 Å². The number of ether oxygens (including phenoxy) is 1. The zero-order valence-corrected chi connectivity index (χ0v) is 18.2. The maximum atomic E-state index is 13.2. The molecule has 6 nitrogen and oxygen atoms in total. The van der Waals surface area contributed by atoms with Gasteiger partial charge in [-0.05, 0) is 42.7 Å². The van der Waals surface area contributed by atoms with Crippen molar-refractivity contribution in [1.82, 2.24) is 9.80 Å². The fourth-order valence-electron chi connectivity index (χ4n) is 4.73. The molecule has 0 radical (unpaired) electrons. The molecule has 31 heavy (non-hydrogen) atoms. The average molecular weight is 440 g/mol. The Morgan fingerprint density at radius 1 is 0.968 bits per heavy atom. The van der Waals surface area contributed by atoms with Crippen molar-refractivity contribution in [3.8, 4) is 0 Å². The molecule has 3 heterocycles. The summed E-state index contributed by atoms with van der Waals surface area (Å²) in [6.45, 7) is 5.36. The third-order valence-corrected chi connectivity index (χ3v) is 6.67. The lowest BCUT2D eigenvalue weighted by Gasteiger charge is -2.36. The number of carbonyl (C=O) groups excluding carboxylic acids is 2. The largest absolute Gasteiger partial charge is 0.376 e. The standard InChI is InChI=1S/C24H26ClN3O3/c25-18-8-6-17(7-9-18)15-26-10-12-27(13-11-26)21-5-1-4-20-22(21)24(30)28(23(20)29)16-19-3-2-14-31-19/h1,4-9,19H,2-3,10-16H2/t19-/m0/s1. The minimum absolute atomic E-state index is 0.0397. The van der Waals surface area contributed by atoms with Gasteiger partial charge in [0.05, 0.1) is 29.5 Å². The van der Waals surface area contributed by atoms with E-state index in [1.54, 1.807) is 6.07 Å². The molecule has 3 aliphatic heterocycles. The summed E-state index contributed by atoms with van der Waals surface area (Å²) < 4.78 is 5.65. The SMILES string of the molecule is O=C1c2cccc(N3CCN(Cc4ccc(Cl)cc4)CC3)c2C(=O)N1C[C@@H]1CCCO1. The second-order valence-electron chi connectivity index (χ2n) is 8.45. The zero-order chi connectivity index (χ0) is 21.4. The monoisotopic (exact) mass is 439 g/mol. The molecule has 0 unspecified atom stereocenters. The van der Waals surface area contributed by atoms with Crippen LogP contribution in [0.1, 0.15) is 39.1 Å². The topological polar surface area (TPSA) is 53.1 Å². The highest BCUT2D eigenvalue weighted by molar-refractivity contribution is 6.30. The maximum Gasteiger partial charge on any atom is 0.263 e. The van der Waals surface area contributed by atoms with Crippen molar-refractivity contribution in [1.29, 1.82) is 0 Å². The lowest BCUT2D eigenvalue weighted by molar-refractivity contribution is 0.0475. The molecule has 2 aromatic rings. The molecule has 7 heteroatoms. The summed E-state index contributed by atoms with van der Waals surface area (Å²) in [6.07, 6.45) is 1.84. The van der Waals surface area contributed by atoms with E-state index in [9.17, 15) is 9.59 Å². The Balaban J connectivity index is 1.28. The summed E-state index contributed by atoms with van der Waals surface area (Å²) in [4.78, 5) is 32.1. The first-order valence-electron chi connectivity index (χ1n) is 10.9. The van der Waals surface area contributed by atoms with Crippen LogP contribution in [-0.4, -0.2) is 67.0 Å². The molecule has 3 aliphatic rings. The van der Waals surface area contributed by atoms with Crippen molar-refractivity contribution in [2.45, 2.75) is 25.5 Å². The number of halogens is 1. The van der Waals surface area contributed by atoms with E-state index in [-0.39, 0.29) is 17.9 Å². The van der Waals surface area contributed by atoms with Gasteiger partial charge in [0, 0.05) is 44.4 Å². The first-order chi connectivity index (χ1) is 15.1. The summed E-state index contributed by atoms with van der Waals surface area (Å²) >= 11 is 5.99. The van der Waals surface area contributed by atoms with E-state index in [1.165, 1.54) is 10.5 Å². The number of imide groups is 1. The van der Waals surface area contributed by atoms with Crippen molar-refractivity contribution in [2.24, 2.45) is 0 Å². The number of piperazine rings is 1. The van der Waals surface area contributed by atoms with E-state index in [0.29, 0.717) is 24.3 Å². The fourth-order valence-corrected chi connectivity index (χ4v) is 4.86. The van der Waals surface area contributed by atoms with E-state index in [1.807, 2.05) is 24.3 Å². The minimum atomic E-state index is -0.196. The van der Waals surface area contributed by atoms with Crippen LogP contribution >= 0.6 is 11.6 Å². The smallest absolute Gasteiger partial charge is 0.263 e. The molecule has 0 saturated carbocycles. The predicted octanol–water partition coefficient (Wildman–Crippen LogP) is 3.44. The first kappa shape index (κ1) is 20.5. The Hall–Kier alpha value is -2.41. The highest BCUT2D eigenvalue weighted by Crippen LogP contribution is 2.33. The number of carbonyl (C=O) groups is 2. The van der Waals surface area contributed by atoms with Crippen LogP contribution in [0.2, 0.25) is 5.02 Å². The van der Waals surface area contributed by atoms with Gasteiger partial charge in [-0.15, -0.1) is 0 Å². The molecule has 2 saturated heterocycles. The predicted molar refractivity (Wildman–Crippen MR) is 120 cm³/mol. The number of fused-ring (bicyclic) bond motifs is 1. The molecule has 0 bridgehead atoms. The van der Waals surface area contributed by atoms with Gasteiger partial charge in [0.25, 0.3) is 11.8 Å². The Labute approximate surface area is 187 Å². The Morgan fingerprint density at radius 3 is 2.45 bits per heavy atom. The van der Waals surface area contributed by atoms with Gasteiger partial charge in [-0.3, -0.25) is 19.4 Å². The summed E-state index contributed by atoms with van der Waals surface area (Å²) in [5.74, 6) is -0.381. The molecule has 0 N–H and O–H groups in total. The van der Waals surface area contributed by atoms with Crippen LogP contribution < -0.4 is 4.90 Å². The summed E-state index contributed by atoms with van der Waals surface area (Å²) in [7, 11) is 0. The Kier molecular flexibility index (Phi) is 5.69. The van der Waals surface area contributed by atoms with Crippen LogP contribution in [0.4, 0.5) is 5.69 Å². The fraction of sp³-hybridized carbons (Fsp3) is 0.417. The lowest BCUT2D eigenvalue weighted by Crippen LogP contribution is -2.46. The molecule has 5 rings (SSSR count). The molecular formula is C24H26ClN3O3. The number of benzene rings is 2. The number of rotatable bonds is 5. The number of hydrogen-bond acceptors (Lipinski definition) is 5. The average Bonchev–Trinajstić information content (AvgIpc) is 3.39. The molecule has 2 fully saturated rings. The van der Waals surface area contributed by atoms with Gasteiger partial charge >= 0.3 is 0 Å². The number of nitrogens with zero attached hydrogens (tertiary/aromatic N) is 3. The van der Waals surface area contributed by atoms with Crippen LogP contribution in [-0.2, 0) is 11.3 Å². The van der Waals surface area contributed by atoms with Gasteiger partial charge in [0.1, 0.15) is 0 Å². The third-order valence-electron chi connectivity index (χ3n) is 6.42. The minimum Gasteiger partial charge on any atom is -0.376 e. The summed E-state index contributed by atoms with van der Waals surface area (Å²) in [5.41, 5.74) is 3.18. The zero-order valence-electron chi connectivity index (χ0n) is 17.4. The molecule has 2 aromatic carbocycles. The molecule has 162 valence electrons. The molecule has 0 aliphatic carbocycles. The van der Waals surface area contributed by atoms with E-state index in [4.69, 9.17) is 16.3 Å². The van der Waals surface area contributed by atoms with Gasteiger partial charge in [0.2, 0.25) is 0 Å². The van der Waals surface area contributed by atoms with Crippen molar-refractivity contribution < 1.29 is 14.3 Å². The Bertz CT molecular complexity index is 980. The molecule has 2 amide bonds. The second kappa shape index (κ2) is 8.61. The number of amides is 2. The molecule has 0 spiro atoms. The van der Waals surface area contributed by atoms with E-state index < -0.39 is 0 Å². The third kappa shape index (κ3) is 4.07. The van der Waals surface area contributed by atoms with Gasteiger partial charge in [-0.25, -0.2) is 0 Å². The van der Waals surface area contributed by atoms with Crippen LogP contribution in [0, 0.1) is 0 Å². The van der Waals surface area contributed by atoms with Gasteiger partial charge < -0.3 is 9.64 Å². The van der Waals surface area contributed by atoms with Gasteiger partial charge in [-0.1, -0.05) is 29.8 Å². The van der Waals surface area contributed by atoms with Crippen molar-refractivity contribution in [3.05, 3.63) is 64.2 Å². The molecular weight excluding hydrogens is 414 g/mol. The molecule has 0 aromatic heterocycles. The van der Waals surface area contributed by atoms with E-state index in [0.717, 1.165) is 56.3 Å². The van der Waals surface area contributed by atoms with Crippen molar-refractivity contribution in [2.75, 3.05) is 44.2 Å². The highest BCUT2D eigenvalue weighted by atomic mass is 35.5. The van der Waals surface area contributed by atoms with E-state index in [2.05, 4.69) is 21.9 Å². The van der Waals surface area contributed by atoms with Crippen LogP contribution in [0.5, 0.6) is 0 Å². The number of hydrogen-bond donors (Lipinski definition) is 0. The van der Waals surface area contributed by atoms with Gasteiger partial charge in [0.15, 0.2) is 0 Å². The highest BCUT2D eigenvalue weighted by Gasteiger charge is 2.40. The second-order valence-corrected chi connectivity index (χ2v) is 8.88. The van der Waals surface area contributed by atoms with Crippen LogP contribution in [0.3, 0.4) is 0 Å². The van der Waals surface area contributed by atoms with E-state index >= 15 is 0 Å². The van der Waals surface area contributed by atoms with Crippen LogP contribution in [0.25, 0.3) is 0 Å². The number of anilines is 1. The Morgan fingerprint density at radius 2 is 1.74 bits per heavy atom. The maximum absolute atomic E-state index is 13.2. The van der Waals surface area contributed by atoms with Crippen molar-refractivity contribution in [3.63, 3.8) is 0 Å². The lowest BCUT2D eigenvalue weighted by atomic mass is 10.1. The van der Waals surface area contributed by atoms with Crippen LogP contribution in [0.15, 0.2) is 42.5 Å². The quantitative estimate of drug-likeness (QED) is 0.668. The normalized spacial score (nSPS) is 21.8. The first-order valence-corrected chi connectivity index (χ1v) is 11.3.